The van der Waals surface area contributed by atoms with Crippen LogP contribution in [0.3, 0.4) is 0 Å². The number of amides is 2. The first kappa shape index (κ1) is 19.4. The van der Waals surface area contributed by atoms with Gasteiger partial charge in [0.15, 0.2) is 17.1 Å². The van der Waals surface area contributed by atoms with Gasteiger partial charge < -0.3 is 24.3 Å². The fourth-order valence-electron chi connectivity index (χ4n) is 5.70. The molecule has 3 aliphatic heterocycles. The normalized spacial score (nSPS) is 25.7. The van der Waals surface area contributed by atoms with Crippen molar-refractivity contribution in [2.45, 2.75) is 31.7 Å². The van der Waals surface area contributed by atoms with E-state index in [9.17, 15) is 9.59 Å². The lowest BCUT2D eigenvalue weighted by Gasteiger charge is -2.42. The van der Waals surface area contributed by atoms with Gasteiger partial charge in [0.05, 0.1) is 13.0 Å². The van der Waals surface area contributed by atoms with Crippen molar-refractivity contribution in [3.05, 3.63) is 30.0 Å². The number of methoxy groups -OCH3 is 1. The molecular weight excluding hydrogens is 382 g/mol. The van der Waals surface area contributed by atoms with Crippen molar-refractivity contribution in [1.82, 2.24) is 15.1 Å². The standard InChI is InChI=1S/C23H29N3O4/c1-3-9-25-13-16-17(14-25)23(24-21(16)27)7-10-26(11-8-23)22(28)19-12-15-5-4-6-18(29-2)20(15)30-19/h4-6,12,16-17H,3,7-11,13-14H2,1-2H3,(H,24,27)/t16-,17+/m1/s1. The maximum absolute atomic E-state index is 13.1. The highest BCUT2D eigenvalue weighted by Crippen LogP contribution is 2.44. The summed E-state index contributed by atoms with van der Waals surface area (Å²) in [7, 11) is 1.59. The Labute approximate surface area is 176 Å². The van der Waals surface area contributed by atoms with Gasteiger partial charge in [-0.25, -0.2) is 0 Å². The van der Waals surface area contributed by atoms with Gasteiger partial charge in [0.25, 0.3) is 5.91 Å². The van der Waals surface area contributed by atoms with Crippen molar-refractivity contribution >= 4 is 22.8 Å². The predicted octanol–water partition coefficient (Wildman–Crippen LogP) is 2.50. The number of likely N-dealkylation sites (tertiary alicyclic amines) is 2. The number of hydrogen-bond acceptors (Lipinski definition) is 5. The van der Waals surface area contributed by atoms with Crippen molar-refractivity contribution in [3.8, 4) is 5.75 Å². The Kier molecular flexibility index (Phi) is 4.73. The number of para-hydroxylation sites is 1. The van der Waals surface area contributed by atoms with Gasteiger partial charge in [-0.05, 0) is 37.9 Å². The predicted molar refractivity (Wildman–Crippen MR) is 112 cm³/mol. The molecule has 3 saturated heterocycles. The SMILES string of the molecule is CCCN1C[C@H]2C(=O)NC3(CCN(C(=O)c4cc5cccc(OC)c5o4)CC3)[C@H]2C1. The second kappa shape index (κ2) is 7.30. The third-order valence-corrected chi connectivity index (χ3v) is 7.24. The van der Waals surface area contributed by atoms with E-state index in [2.05, 4.69) is 17.1 Å². The molecule has 7 nitrogen and oxygen atoms in total. The second-order valence-electron chi connectivity index (χ2n) is 8.90. The summed E-state index contributed by atoms with van der Waals surface area (Å²) in [6.45, 7) is 6.34. The van der Waals surface area contributed by atoms with Gasteiger partial charge in [-0.2, -0.15) is 0 Å². The van der Waals surface area contributed by atoms with Crippen LogP contribution in [0.2, 0.25) is 0 Å². The van der Waals surface area contributed by atoms with E-state index >= 15 is 0 Å². The Balaban J connectivity index is 1.30. The smallest absolute Gasteiger partial charge is 0.289 e. The van der Waals surface area contributed by atoms with Crippen LogP contribution in [0.5, 0.6) is 5.75 Å². The molecule has 2 aromatic rings. The van der Waals surface area contributed by atoms with Crippen LogP contribution < -0.4 is 10.1 Å². The topological polar surface area (TPSA) is 75.0 Å². The molecule has 1 spiro atoms. The van der Waals surface area contributed by atoms with Crippen molar-refractivity contribution in [3.63, 3.8) is 0 Å². The molecule has 0 unspecified atom stereocenters. The molecule has 3 aliphatic rings. The molecule has 1 N–H and O–H groups in total. The van der Waals surface area contributed by atoms with Crippen LogP contribution in [-0.4, -0.2) is 67.0 Å². The summed E-state index contributed by atoms with van der Waals surface area (Å²) in [5, 5.41) is 4.19. The van der Waals surface area contributed by atoms with Gasteiger partial charge in [0.2, 0.25) is 5.91 Å². The summed E-state index contributed by atoms with van der Waals surface area (Å²) in [4.78, 5) is 30.0. The highest BCUT2D eigenvalue weighted by atomic mass is 16.5. The number of carbonyl (C=O) groups is 2. The summed E-state index contributed by atoms with van der Waals surface area (Å²) in [5.41, 5.74) is 0.433. The lowest BCUT2D eigenvalue weighted by atomic mass is 9.75. The van der Waals surface area contributed by atoms with E-state index in [-0.39, 0.29) is 23.3 Å². The number of nitrogens with one attached hydrogen (secondary N) is 1. The average molecular weight is 412 g/mol. The molecule has 0 saturated carbocycles. The van der Waals surface area contributed by atoms with Crippen LogP contribution in [0.4, 0.5) is 0 Å². The molecule has 5 rings (SSSR count). The van der Waals surface area contributed by atoms with E-state index in [0.29, 0.717) is 36.1 Å². The summed E-state index contributed by atoms with van der Waals surface area (Å²) in [6, 6.07) is 7.42. The fourth-order valence-corrected chi connectivity index (χ4v) is 5.70. The third kappa shape index (κ3) is 2.98. The first-order chi connectivity index (χ1) is 14.5. The maximum Gasteiger partial charge on any atom is 0.289 e. The van der Waals surface area contributed by atoms with E-state index in [1.54, 1.807) is 13.2 Å². The van der Waals surface area contributed by atoms with Crippen molar-refractivity contribution in [2.24, 2.45) is 11.8 Å². The molecule has 0 bridgehead atoms. The number of rotatable bonds is 4. The number of nitrogens with zero attached hydrogens (tertiary/aromatic N) is 2. The highest BCUT2D eigenvalue weighted by Gasteiger charge is 2.57. The Morgan fingerprint density at radius 3 is 2.83 bits per heavy atom. The summed E-state index contributed by atoms with van der Waals surface area (Å²) in [5.74, 6) is 1.52. The van der Waals surface area contributed by atoms with Crippen LogP contribution in [0, 0.1) is 11.8 Å². The van der Waals surface area contributed by atoms with Gasteiger partial charge in [0, 0.05) is 43.0 Å². The lowest BCUT2D eigenvalue weighted by Crippen LogP contribution is -2.56. The summed E-state index contributed by atoms with van der Waals surface area (Å²) >= 11 is 0. The van der Waals surface area contributed by atoms with Gasteiger partial charge >= 0.3 is 0 Å². The van der Waals surface area contributed by atoms with E-state index in [1.807, 2.05) is 23.1 Å². The van der Waals surface area contributed by atoms with Crippen LogP contribution in [0.25, 0.3) is 11.0 Å². The van der Waals surface area contributed by atoms with E-state index in [4.69, 9.17) is 9.15 Å². The number of hydrogen-bond donors (Lipinski definition) is 1. The van der Waals surface area contributed by atoms with Gasteiger partial charge in [-0.1, -0.05) is 19.1 Å². The van der Waals surface area contributed by atoms with E-state index in [1.165, 1.54) is 0 Å². The molecule has 30 heavy (non-hydrogen) atoms. The third-order valence-electron chi connectivity index (χ3n) is 7.24. The number of piperidine rings is 1. The van der Waals surface area contributed by atoms with Gasteiger partial charge in [-0.15, -0.1) is 0 Å². The van der Waals surface area contributed by atoms with E-state index < -0.39 is 0 Å². The highest BCUT2D eigenvalue weighted by molar-refractivity contribution is 5.97. The Morgan fingerprint density at radius 2 is 2.10 bits per heavy atom. The van der Waals surface area contributed by atoms with Crippen LogP contribution in [-0.2, 0) is 4.79 Å². The van der Waals surface area contributed by atoms with Crippen LogP contribution >= 0.6 is 0 Å². The zero-order chi connectivity index (χ0) is 20.9. The Bertz CT molecular complexity index is 976. The number of fused-ring (bicyclic) bond motifs is 3. The first-order valence-electron chi connectivity index (χ1n) is 10.9. The minimum absolute atomic E-state index is 0.0944. The molecule has 1 aromatic heterocycles. The van der Waals surface area contributed by atoms with Crippen LogP contribution in [0.1, 0.15) is 36.7 Å². The molecular formula is C23H29N3O4. The number of ether oxygens (including phenoxy) is 1. The zero-order valence-corrected chi connectivity index (χ0v) is 17.6. The Morgan fingerprint density at radius 1 is 1.30 bits per heavy atom. The summed E-state index contributed by atoms with van der Waals surface area (Å²) in [6.07, 6.45) is 2.71. The molecule has 1 aromatic carbocycles. The minimum Gasteiger partial charge on any atom is -0.493 e. The van der Waals surface area contributed by atoms with E-state index in [0.717, 1.165) is 44.3 Å². The largest absolute Gasteiger partial charge is 0.493 e. The molecule has 4 heterocycles. The second-order valence-corrected chi connectivity index (χ2v) is 8.90. The molecule has 0 radical (unpaired) electrons. The first-order valence-corrected chi connectivity index (χ1v) is 10.9. The molecule has 2 amide bonds. The van der Waals surface area contributed by atoms with Crippen molar-refractivity contribution < 1.29 is 18.7 Å². The van der Waals surface area contributed by atoms with Crippen LogP contribution in [0.15, 0.2) is 28.7 Å². The molecule has 160 valence electrons. The molecule has 2 atom stereocenters. The molecule has 0 aliphatic carbocycles. The van der Waals surface area contributed by atoms with Gasteiger partial charge in [-0.3, -0.25) is 9.59 Å². The summed E-state index contributed by atoms with van der Waals surface area (Å²) < 4.78 is 11.2. The molecule has 7 heteroatoms. The number of carbonyl (C=O) groups excluding carboxylic acids is 2. The monoisotopic (exact) mass is 411 g/mol. The zero-order valence-electron chi connectivity index (χ0n) is 17.6. The fraction of sp³-hybridized carbons (Fsp3) is 0.565. The van der Waals surface area contributed by atoms with Gasteiger partial charge in [0.1, 0.15) is 0 Å². The maximum atomic E-state index is 13.1. The molecule has 3 fully saturated rings. The number of furan rings is 1. The average Bonchev–Trinajstić information content (AvgIpc) is 3.43. The number of benzene rings is 1. The lowest BCUT2D eigenvalue weighted by molar-refractivity contribution is -0.123. The van der Waals surface area contributed by atoms with Crippen molar-refractivity contribution in [2.75, 3.05) is 39.8 Å². The van der Waals surface area contributed by atoms with Crippen molar-refractivity contribution in [1.29, 1.82) is 0 Å². The quantitative estimate of drug-likeness (QED) is 0.837. The minimum atomic E-state index is -0.169. The Hall–Kier alpha value is -2.54.